The van der Waals surface area contributed by atoms with Gasteiger partial charge in [0.15, 0.2) is 0 Å². The second-order valence-corrected chi connectivity index (χ2v) is 5.10. The molecular weight excluding hydrogens is 250 g/mol. The van der Waals surface area contributed by atoms with Gasteiger partial charge in [0.25, 0.3) is 0 Å². The van der Waals surface area contributed by atoms with E-state index in [1.807, 2.05) is 30.3 Å². The molecule has 2 aromatic rings. The number of nitrogens with one attached hydrogen (secondary N) is 1. The van der Waals surface area contributed by atoms with Crippen molar-refractivity contribution >= 4 is 10.8 Å². The summed E-state index contributed by atoms with van der Waals surface area (Å²) in [6.45, 7) is 7.41. The fourth-order valence-corrected chi connectivity index (χ4v) is 2.44. The van der Waals surface area contributed by atoms with Gasteiger partial charge in [-0.05, 0) is 25.3 Å². The highest BCUT2D eigenvalue weighted by Gasteiger charge is 2.13. The number of quaternary nitrogens is 1. The minimum Gasteiger partial charge on any atom is -0.490 e. The lowest BCUT2D eigenvalue weighted by Crippen LogP contribution is -3.12. The zero-order chi connectivity index (χ0) is 14.4. The van der Waals surface area contributed by atoms with Crippen LogP contribution >= 0.6 is 0 Å². The first kappa shape index (κ1) is 14.8. The molecule has 0 amide bonds. The molecule has 20 heavy (non-hydrogen) atoms. The number of fused-ring (bicyclic) bond motifs is 1. The third-order valence-electron chi connectivity index (χ3n) is 3.71. The lowest BCUT2D eigenvalue weighted by Gasteiger charge is -2.19. The van der Waals surface area contributed by atoms with Crippen LogP contribution in [0.15, 0.2) is 42.5 Å². The zero-order valence-corrected chi connectivity index (χ0v) is 12.3. The summed E-state index contributed by atoms with van der Waals surface area (Å²) in [4.78, 5) is 1.39. The third kappa shape index (κ3) is 3.71. The van der Waals surface area contributed by atoms with Crippen molar-refractivity contribution in [3.8, 4) is 5.75 Å². The lowest BCUT2D eigenvalue weighted by molar-refractivity contribution is -0.899. The van der Waals surface area contributed by atoms with Crippen LogP contribution < -0.4 is 9.64 Å². The normalized spacial score (nSPS) is 12.8. The summed E-state index contributed by atoms with van der Waals surface area (Å²) in [5.41, 5.74) is 0. The molecule has 0 unspecified atom stereocenters. The van der Waals surface area contributed by atoms with E-state index in [0.29, 0.717) is 6.61 Å². The molecule has 1 atom stereocenters. The molecule has 0 fully saturated rings. The van der Waals surface area contributed by atoms with Crippen molar-refractivity contribution in [1.29, 1.82) is 0 Å². The molecule has 2 aromatic carbocycles. The van der Waals surface area contributed by atoms with Gasteiger partial charge in [0.05, 0.1) is 13.1 Å². The molecule has 0 spiro atoms. The standard InChI is InChI=1S/C17H23NO2/c1-3-18(4-2)12-15(19)13-20-17-11-7-9-14-8-5-6-10-16(14)17/h5-11,15,19H,3-4,12-13H2,1-2H3/p+1/t15-/m0/s1. The van der Waals surface area contributed by atoms with E-state index in [1.165, 1.54) is 4.90 Å². The maximum Gasteiger partial charge on any atom is 0.137 e. The van der Waals surface area contributed by atoms with Crippen LogP contribution in [0.1, 0.15) is 13.8 Å². The average molecular weight is 274 g/mol. The second-order valence-electron chi connectivity index (χ2n) is 5.10. The fraction of sp³-hybridized carbons (Fsp3) is 0.412. The molecule has 3 heteroatoms. The SMILES string of the molecule is CC[NH+](CC)C[C@H](O)COc1cccc2ccccc12. The highest BCUT2D eigenvalue weighted by Crippen LogP contribution is 2.25. The van der Waals surface area contributed by atoms with Crippen molar-refractivity contribution in [2.24, 2.45) is 0 Å². The van der Waals surface area contributed by atoms with Crippen molar-refractivity contribution in [2.45, 2.75) is 20.0 Å². The second kappa shape index (κ2) is 7.27. The van der Waals surface area contributed by atoms with Crippen LogP contribution in [-0.2, 0) is 0 Å². The predicted molar refractivity (Wildman–Crippen MR) is 82.4 cm³/mol. The van der Waals surface area contributed by atoms with E-state index in [4.69, 9.17) is 4.74 Å². The molecule has 108 valence electrons. The largest absolute Gasteiger partial charge is 0.490 e. The summed E-state index contributed by atoms with van der Waals surface area (Å²) in [7, 11) is 0. The Kier molecular flexibility index (Phi) is 5.39. The van der Waals surface area contributed by atoms with E-state index < -0.39 is 6.10 Å². The van der Waals surface area contributed by atoms with E-state index in [2.05, 4.69) is 26.0 Å². The van der Waals surface area contributed by atoms with Gasteiger partial charge in [0.2, 0.25) is 0 Å². The molecule has 0 radical (unpaired) electrons. The maximum atomic E-state index is 10.1. The predicted octanol–water partition coefficient (Wildman–Crippen LogP) is 1.50. The molecule has 0 saturated heterocycles. The first-order valence-electron chi connectivity index (χ1n) is 7.36. The van der Waals surface area contributed by atoms with Gasteiger partial charge in [0.1, 0.15) is 25.0 Å². The van der Waals surface area contributed by atoms with Gasteiger partial charge in [-0.1, -0.05) is 36.4 Å². The highest BCUT2D eigenvalue weighted by molar-refractivity contribution is 5.88. The quantitative estimate of drug-likeness (QED) is 0.802. The maximum absolute atomic E-state index is 10.1. The average Bonchev–Trinajstić information content (AvgIpc) is 2.50. The molecule has 0 saturated carbocycles. The summed E-state index contributed by atoms with van der Waals surface area (Å²) in [6, 6.07) is 14.2. The number of rotatable bonds is 7. The van der Waals surface area contributed by atoms with Gasteiger partial charge in [-0.15, -0.1) is 0 Å². The Morgan fingerprint density at radius 1 is 1.05 bits per heavy atom. The van der Waals surface area contributed by atoms with Gasteiger partial charge >= 0.3 is 0 Å². The Morgan fingerprint density at radius 3 is 2.50 bits per heavy atom. The number of aliphatic hydroxyl groups is 1. The minimum atomic E-state index is -0.427. The van der Waals surface area contributed by atoms with Crippen molar-refractivity contribution in [2.75, 3.05) is 26.2 Å². The van der Waals surface area contributed by atoms with E-state index >= 15 is 0 Å². The smallest absolute Gasteiger partial charge is 0.137 e. The Labute approximate surface area is 120 Å². The van der Waals surface area contributed by atoms with Crippen LogP contribution in [0.2, 0.25) is 0 Å². The van der Waals surface area contributed by atoms with Crippen molar-refractivity contribution in [3.05, 3.63) is 42.5 Å². The summed E-state index contributed by atoms with van der Waals surface area (Å²) in [5.74, 6) is 0.844. The van der Waals surface area contributed by atoms with Crippen LogP contribution in [0.3, 0.4) is 0 Å². The molecule has 2 N–H and O–H groups in total. The van der Waals surface area contributed by atoms with Crippen molar-refractivity contribution in [1.82, 2.24) is 0 Å². The summed E-state index contributed by atoms with van der Waals surface area (Å²) < 4.78 is 5.81. The molecule has 0 bridgehead atoms. The number of hydrogen-bond acceptors (Lipinski definition) is 2. The minimum absolute atomic E-state index is 0.345. The molecule has 2 rings (SSSR count). The van der Waals surface area contributed by atoms with Gasteiger partial charge in [-0.25, -0.2) is 0 Å². The highest BCUT2D eigenvalue weighted by atomic mass is 16.5. The van der Waals surface area contributed by atoms with Crippen molar-refractivity contribution < 1.29 is 14.7 Å². The first-order chi connectivity index (χ1) is 9.74. The lowest BCUT2D eigenvalue weighted by atomic mass is 10.1. The summed E-state index contributed by atoms with van der Waals surface area (Å²) in [5, 5.41) is 12.3. The van der Waals surface area contributed by atoms with Gasteiger partial charge < -0.3 is 14.7 Å². The summed E-state index contributed by atoms with van der Waals surface area (Å²) in [6.07, 6.45) is -0.427. The third-order valence-corrected chi connectivity index (χ3v) is 3.71. The zero-order valence-electron chi connectivity index (χ0n) is 12.3. The Hall–Kier alpha value is -1.58. The van der Waals surface area contributed by atoms with Crippen molar-refractivity contribution in [3.63, 3.8) is 0 Å². The van der Waals surface area contributed by atoms with Gasteiger partial charge in [0, 0.05) is 5.39 Å². The monoisotopic (exact) mass is 274 g/mol. The topological polar surface area (TPSA) is 33.9 Å². The van der Waals surface area contributed by atoms with E-state index in [1.54, 1.807) is 0 Å². The van der Waals surface area contributed by atoms with Crippen LogP contribution in [0.25, 0.3) is 10.8 Å². The fourth-order valence-electron chi connectivity index (χ4n) is 2.44. The number of hydrogen-bond donors (Lipinski definition) is 2. The first-order valence-corrected chi connectivity index (χ1v) is 7.36. The molecule has 0 aliphatic heterocycles. The van der Waals surface area contributed by atoms with Gasteiger partial charge in [-0.3, -0.25) is 0 Å². The van der Waals surface area contributed by atoms with Crippen LogP contribution in [0, 0.1) is 0 Å². The van der Waals surface area contributed by atoms with Crippen LogP contribution in [0.5, 0.6) is 5.75 Å². The van der Waals surface area contributed by atoms with Crippen LogP contribution in [-0.4, -0.2) is 37.5 Å². The molecule has 0 heterocycles. The molecule has 0 aromatic heterocycles. The van der Waals surface area contributed by atoms with Crippen LogP contribution in [0.4, 0.5) is 0 Å². The summed E-state index contributed by atoms with van der Waals surface area (Å²) >= 11 is 0. The molecule has 0 aliphatic rings. The number of ether oxygens (including phenoxy) is 1. The Balaban J connectivity index is 1.99. The Bertz CT molecular complexity index is 532. The Morgan fingerprint density at radius 2 is 1.75 bits per heavy atom. The van der Waals surface area contributed by atoms with Gasteiger partial charge in [-0.2, -0.15) is 0 Å². The number of aliphatic hydroxyl groups excluding tert-OH is 1. The molecule has 0 aliphatic carbocycles. The molecule has 3 nitrogen and oxygen atoms in total. The van der Waals surface area contributed by atoms with E-state index in [0.717, 1.165) is 36.2 Å². The molecular formula is C17H24NO2+. The van der Waals surface area contributed by atoms with E-state index in [9.17, 15) is 5.11 Å². The number of likely N-dealkylation sites (N-methyl/N-ethyl adjacent to an activating group) is 1. The number of benzene rings is 2. The van der Waals surface area contributed by atoms with E-state index in [-0.39, 0.29) is 0 Å².